The molecule has 62 heavy (non-hydrogen) atoms. The molecule has 0 atom stereocenters. The molecule has 0 bridgehead atoms. The molecule has 4 heteroatoms. The summed E-state index contributed by atoms with van der Waals surface area (Å²) in [6.07, 6.45) is 0. The highest BCUT2D eigenvalue weighted by molar-refractivity contribution is 7.26. The smallest absolute Gasteiger partial charge is 0.143 e. The molecule has 0 aliphatic rings. The molecule has 10 aromatic carbocycles. The maximum absolute atomic E-state index is 6.46. The lowest BCUT2D eigenvalue weighted by molar-refractivity contribution is 0.670. The van der Waals surface area contributed by atoms with Gasteiger partial charge in [0, 0.05) is 69.7 Å². The molecular formula is C58H36N2OS. The van der Waals surface area contributed by atoms with Crippen LogP contribution in [0.25, 0.3) is 103 Å². The minimum atomic E-state index is 0.907. The maximum atomic E-state index is 6.46. The van der Waals surface area contributed by atoms with Gasteiger partial charge >= 0.3 is 0 Å². The van der Waals surface area contributed by atoms with Crippen LogP contribution in [0, 0.1) is 0 Å². The van der Waals surface area contributed by atoms with Crippen LogP contribution in [0.4, 0.5) is 17.1 Å². The van der Waals surface area contributed by atoms with E-state index < -0.39 is 0 Å². The van der Waals surface area contributed by atoms with E-state index in [2.05, 4.69) is 216 Å². The van der Waals surface area contributed by atoms with E-state index in [0.717, 1.165) is 55.8 Å². The van der Waals surface area contributed by atoms with Gasteiger partial charge in [0.2, 0.25) is 0 Å². The number of rotatable bonds is 6. The molecule has 0 spiro atoms. The molecule has 0 aliphatic heterocycles. The molecule has 3 nitrogen and oxygen atoms in total. The zero-order valence-corrected chi connectivity index (χ0v) is 34.3. The summed E-state index contributed by atoms with van der Waals surface area (Å²) in [4.78, 5) is 2.42. The average molecular weight is 809 g/mol. The Kier molecular flexibility index (Phi) is 7.78. The quantitative estimate of drug-likeness (QED) is 0.167. The Morgan fingerprint density at radius 3 is 1.90 bits per heavy atom. The summed E-state index contributed by atoms with van der Waals surface area (Å²) in [6, 6.07) is 79.2. The largest absolute Gasteiger partial charge is 0.455 e. The zero-order valence-electron chi connectivity index (χ0n) is 33.5. The van der Waals surface area contributed by atoms with Crippen molar-refractivity contribution < 1.29 is 4.42 Å². The Morgan fingerprint density at radius 1 is 0.419 bits per heavy atom. The number of thiophene rings is 1. The SMILES string of the molecule is c1ccc(-n2c3cc(-c4ccc(N(c5ccc(-c6cccc7c6oc6ccccc67)cc5)c5cccc6sc7ccccc7c56)cc4)ccc3c3ccc4ccccc4c32)cc1. The average Bonchev–Trinajstić information content (AvgIpc) is 4.02. The van der Waals surface area contributed by atoms with Crippen molar-refractivity contribution in [1.82, 2.24) is 4.57 Å². The Balaban J connectivity index is 0.954. The first-order valence-electron chi connectivity index (χ1n) is 21.1. The van der Waals surface area contributed by atoms with Crippen LogP contribution >= 0.6 is 11.3 Å². The van der Waals surface area contributed by atoms with Crippen LogP contribution in [0.3, 0.4) is 0 Å². The first-order valence-corrected chi connectivity index (χ1v) is 21.9. The van der Waals surface area contributed by atoms with E-state index in [4.69, 9.17) is 4.42 Å². The fraction of sp³-hybridized carbons (Fsp3) is 0. The van der Waals surface area contributed by atoms with E-state index in [0.29, 0.717) is 0 Å². The van der Waals surface area contributed by atoms with Crippen LogP contribution in [-0.2, 0) is 0 Å². The van der Waals surface area contributed by atoms with Crippen LogP contribution in [0.2, 0.25) is 0 Å². The van der Waals surface area contributed by atoms with Gasteiger partial charge in [0.15, 0.2) is 0 Å². The third kappa shape index (κ3) is 5.37. The zero-order chi connectivity index (χ0) is 40.7. The van der Waals surface area contributed by atoms with Gasteiger partial charge in [-0.3, -0.25) is 0 Å². The third-order valence-corrected chi connectivity index (χ3v) is 13.7. The Morgan fingerprint density at radius 2 is 1.06 bits per heavy atom. The second kappa shape index (κ2) is 13.8. The lowest BCUT2D eigenvalue weighted by atomic mass is 10.0. The van der Waals surface area contributed by atoms with Crippen molar-refractivity contribution in [2.45, 2.75) is 0 Å². The van der Waals surface area contributed by atoms with Gasteiger partial charge in [-0.25, -0.2) is 0 Å². The Bertz CT molecular complexity index is 3860. The lowest BCUT2D eigenvalue weighted by Gasteiger charge is -2.27. The predicted octanol–water partition coefficient (Wildman–Crippen LogP) is 17.0. The highest BCUT2D eigenvalue weighted by atomic mass is 32.1. The normalized spacial score (nSPS) is 11.9. The summed E-state index contributed by atoms with van der Waals surface area (Å²) < 4.78 is 11.5. The standard InChI is InChI=1S/C58H36N2OS/c1-2-13-41(14-3-1)60-52-36-40(29-34-46(52)48-35-28-38-12-4-5-15-44(38)57(48)60)37-24-30-42(31-25-37)59(51-20-11-23-55-56(51)50-17-7-9-22-54(50)62-55)43-32-26-39(27-33-43)45-18-10-19-49-47-16-6-8-21-53(47)61-58(45)49/h1-36H. The van der Waals surface area contributed by atoms with E-state index in [1.54, 1.807) is 0 Å². The number of benzene rings is 10. The predicted molar refractivity (Wildman–Crippen MR) is 264 cm³/mol. The molecule has 13 rings (SSSR count). The van der Waals surface area contributed by atoms with Crippen LogP contribution in [0.5, 0.6) is 0 Å². The number of anilines is 3. The van der Waals surface area contributed by atoms with Crippen LogP contribution in [0.15, 0.2) is 223 Å². The summed E-state index contributed by atoms with van der Waals surface area (Å²) in [6.45, 7) is 0. The van der Waals surface area contributed by atoms with Crippen molar-refractivity contribution in [3.63, 3.8) is 0 Å². The van der Waals surface area contributed by atoms with Gasteiger partial charge in [-0.15, -0.1) is 11.3 Å². The van der Waals surface area contributed by atoms with Crippen LogP contribution in [0.1, 0.15) is 0 Å². The summed E-state index contributed by atoms with van der Waals surface area (Å²) in [7, 11) is 0. The van der Waals surface area contributed by atoms with E-state index in [1.807, 2.05) is 23.5 Å². The molecule has 13 aromatic rings. The Hall–Kier alpha value is -7.92. The molecule has 0 saturated carbocycles. The maximum Gasteiger partial charge on any atom is 0.143 e. The van der Waals surface area contributed by atoms with Gasteiger partial charge in [0.1, 0.15) is 11.2 Å². The number of aromatic nitrogens is 1. The first kappa shape index (κ1) is 34.9. The van der Waals surface area contributed by atoms with Crippen LogP contribution < -0.4 is 4.90 Å². The van der Waals surface area contributed by atoms with Crippen molar-refractivity contribution in [2.24, 2.45) is 0 Å². The van der Waals surface area contributed by atoms with Crippen molar-refractivity contribution >= 4 is 103 Å². The minimum absolute atomic E-state index is 0.907. The minimum Gasteiger partial charge on any atom is -0.455 e. The van der Waals surface area contributed by atoms with Gasteiger partial charge in [0.25, 0.3) is 0 Å². The summed E-state index contributed by atoms with van der Waals surface area (Å²) in [5, 5.41) is 9.81. The molecule has 3 heterocycles. The van der Waals surface area contributed by atoms with E-state index in [1.165, 1.54) is 63.9 Å². The van der Waals surface area contributed by atoms with Crippen molar-refractivity contribution in [3.05, 3.63) is 218 Å². The molecule has 0 N–H and O–H groups in total. The number of nitrogens with zero attached hydrogens (tertiary/aromatic N) is 2. The third-order valence-electron chi connectivity index (χ3n) is 12.6. The van der Waals surface area contributed by atoms with Gasteiger partial charge in [-0.1, -0.05) is 152 Å². The Labute approximate surface area is 361 Å². The van der Waals surface area contributed by atoms with Gasteiger partial charge in [-0.2, -0.15) is 0 Å². The van der Waals surface area contributed by atoms with Gasteiger partial charge < -0.3 is 13.9 Å². The molecule has 0 fully saturated rings. The van der Waals surface area contributed by atoms with E-state index >= 15 is 0 Å². The number of para-hydroxylation sites is 3. The van der Waals surface area contributed by atoms with Crippen molar-refractivity contribution in [1.29, 1.82) is 0 Å². The number of hydrogen-bond acceptors (Lipinski definition) is 3. The number of hydrogen-bond donors (Lipinski definition) is 0. The second-order valence-electron chi connectivity index (χ2n) is 16.0. The molecule has 0 unspecified atom stereocenters. The molecular weight excluding hydrogens is 773 g/mol. The molecule has 0 amide bonds. The topological polar surface area (TPSA) is 21.3 Å². The molecule has 3 aromatic heterocycles. The highest BCUT2D eigenvalue weighted by Crippen LogP contribution is 2.46. The lowest BCUT2D eigenvalue weighted by Crippen LogP contribution is -2.10. The second-order valence-corrected chi connectivity index (χ2v) is 17.1. The van der Waals surface area contributed by atoms with Crippen molar-refractivity contribution in [2.75, 3.05) is 4.90 Å². The number of fused-ring (bicyclic) bond motifs is 11. The first-order chi connectivity index (χ1) is 30.7. The van der Waals surface area contributed by atoms with Crippen LogP contribution in [-0.4, -0.2) is 4.57 Å². The van der Waals surface area contributed by atoms with Gasteiger partial charge in [0.05, 0.1) is 16.7 Å². The summed E-state index contributed by atoms with van der Waals surface area (Å²) >= 11 is 1.85. The van der Waals surface area contributed by atoms with E-state index in [-0.39, 0.29) is 0 Å². The summed E-state index contributed by atoms with van der Waals surface area (Å²) in [5.41, 5.74) is 13.3. The highest BCUT2D eigenvalue weighted by Gasteiger charge is 2.21. The molecule has 290 valence electrons. The number of furan rings is 1. The van der Waals surface area contributed by atoms with E-state index in [9.17, 15) is 0 Å². The summed E-state index contributed by atoms with van der Waals surface area (Å²) in [5.74, 6) is 0. The molecule has 0 aliphatic carbocycles. The van der Waals surface area contributed by atoms with Crippen molar-refractivity contribution in [3.8, 4) is 27.9 Å². The molecule has 0 radical (unpaired) electrons. The monoisotopic (exact) mass is 808 g/mol. The van der Waals surface area contributed by atoms with Gasteiger partial charge in [-0.05, 0) is 88.8 Å². The fourth-order valence-electron chi connectivity index (χ4n) is 9.74. The fourth-order valence-corrected chi connectivity index (χ4v) is 10.9. The molecule has 0 saturated heterocycles.